The first kappa shape index (κ1) is 9.72. The summed E-state index contributed by atoms with van der Waals surface area (Å²) in [6, 6.07) is 0.370. The molecule has 2 atom stereocenters. The highest BCUT2D eigenvalue weighted by Crippen LogP contribution is 2.38. The third-order valence-electron chi connectivity index (χ3n) is 2.57. The highest BCUT2D eigenvalue weighted by Gasteiger charge is 2.55. The van der Waals surface area contributed by atoms with Crippen LogP contribution in [0.15, 0.2) is 0 Å². The van der Waals surface area contributed by atoms with Crippen molar-refractivity contribution in [2.45, 2.75) is 52.6 Å². The summed E-state index contributed by atoms with van der Waals surface area (Å²) in [7, 11) is 0. The molecule has 0 aliphatic carbocycles. The van der Waals surface area contributed by atoms with Crippen molar-refractivity contribution in [2.75, 3.05) is 0 Å². The quantitative estimate of drug-likeness (QED) is 0.639. The predicted octanol–water partition coefficient (Wildman–Crippen LogP) is 1.74. The van der Waals surface area contributed by atoms with Crippen LogP contribution in [0, 0.1) is 5.41 Å². The molecule has 0 amide bonds. The summed E-state index contributed by atoms with van der Waals surface area (Å²) >= 11 is 0. The van der Waals surface area contributed by atoms with E-state index in [4.69, 9.17) is 0 Å². The maximum Gasteiger partial charge on any atom is 0.151 e. The van der Waals surface area contributed by atoms with Crippen LogP contribution in [0.3, 0.4) is 0 Å². The number of Topliss-reactive ketones (excluding diaryl/α,β-unsaturated/α-hetero) is 1. The molecule has 2 unspecified atom stereocenters. The van der Waals surface area contributed by atoms with Crippen molar-refractivity contribution in [2.24, 2.45) is 5.41 Å². The Hall–Kier alpha value is -0.370. The molecule has 1 aliphatic rings. The number of carbonyl (C=O) groups excluding carboxylic acids is 1. The Morgan fingerprint density at radius 1 is 1.50 bits per heavy atom. The molecule has 1 heterocycles. The molecular formula is C10H19NO. The first-order valence-electron chi connectivity index (χ1n) is 4.57. The first-order valence-corrected chi connectivity index (χ1v) is 4.57. The minimum atomic E-state index is -0.196. The molecule has 0 aromatic heterocycles. The van der Waals surface area contributed by atoms with E-state index in [2.05, 4.69) is 33.0 Å². The van der Waals surface area contributed by atoms with Gasteiger partial charge in [0.2, 0.25) is 0 Å². The van der Waals surface area contributed by atoms with E-state index in [1.54, 1.807) is 6.92 Å². The van der Waals surface area contributed by atoms with Crippen molar-refractivity contribution in [3.05, 3.63) is 0 Å². The monoisotopic (exact) mass is 169 g/mol. The fourth-order valence-electron chi connectivity index (χ4n) is 1.92. The first-order chi connectivity index (χ1) is 5.28. The number of nitrogens with one attached hydrogen (secondary N) is 1. The van der Waals surface area contributed by atoms with Gasteiger partial charge in [-0.3, -0.25) is 10.1 Å². The molecule has 2 nitrogen and oxygen atoms in total. The zero-order chi connectivity index (χ0) is 9.57. The molecule has 0 radical (unpaired) electrons. The van der Waals surface area contributed by atoms with E-state index < -0.39 is 0 Å². The van der Waals surface area contributed by atoms with Gasteiger partial charge in [-0.25, -0.2) is 0 Å². The van der Waals surface area contributed by atoms with E-state index in [9.17, 15) is 4.79 Å². The molecule has 1 saturated heterocycles. The second kappa shape index (κ2) is 2.56. The Balaban J connectivity index is 2.66. The molecule has 0 aromatic rings. The zero-order valence-electron chi connectivity index (χ0n) is 8.69. The van der Waals surface area contributed by atoms with E-state index in [1.807, 2.05) is 0 Å². The van der Waals surface area contributed by atoms with E-state index in [-0.39, 0.29) is 16.7 Å². The van der Waals surface area contributed by atoms with Gasteiger partial charge in [0.25, 0.3) is 0 Å². The molecular weight excluding hydrogens is 150 g/mol. The fourth-order valence-corrected chi connectivity index (χ4v) is 1.92. The van der Waals surface area contributed by atoms with Crippen LogP contribution in [-0.2, 0) is 4.79 Å². The molecule has 1 N–H and O–H groups in total. The minimum absolute atomic E-state index is 0.196. The lowest BCUT2D eigenvalue weighted by Crippen LogP contribution is -2.32. The maximum atomic E-state index is 11.4. The summed E-state index contributed by atoms with van der Waals surface area (Å²) in [5.74, 6) is 0.282. The van der Waals surface area contributed by atoms with Crippen molar-refractivity contribution in [1.82, 2.24) is 5.32 Å². The molecule has 70 valence electrons. The van der Waals surface area contributed by atoms with Gasteiger partial charge in [0, 0.05) is 6.04 Å². The lowest BCUT2D eigenvalue weighted by molar-refractivity contribution is -0.120. The molecule has 0 spiro atoms. The molecule has 1 aliphatic heterocycles. The fraction of sp³-hybridized carbons (Fsp3) is 0.900. The van der Waals surface area contributed by atoms with Crippen molar-refractivity contribution in [3.8, 4) is 0 Å². The molecule has 1 fully saturated rings. The smallest absolute Gasteiger partial charge is 0.151 e. The van der Waals surface area contributed by atoms with Gasteiger partial charge in [-0.15, -0.1) is 0 Å². The van der Waals surface area contributed by atoms with Gasteiger partial charge in [-0.05, 0) is 25.7 Å². The summed E-state index contributed by atoms with van der Waals surface area (Å²) in [4.78, 5) is 11.4. The summed E-state index contributed by atoms with van der Waals surface area (Å²) in [5, 5.41) is 3.25. The normalized spacial score (nSPS) is 34.9. The number of carbonyl (C=O) groups is 1. The van der Waals surface area contributed by atoms with E-state index in [0.717, 1.165) is 6.42 Å². The molecule has 1 rings (SSSR count). The second-order valence-corrected chi connectivity index (χ2v) is 5.13. The van der Waals surface area contributed by atoms with Crippen molar-refractivity contribution in [3.63, 3.8) is 0 Å². The summed E-state index contributed by atoms with van der Waals surface area (Å²) < 4.78 is 0. The van der Waals surface area contributed by atoms with E-state index >= 15 is 0 Å². The van der Waals surface area contributed by atoms with Gasteiger partial charge in [0.15, 0.2) is 5.78 Å². The lowest BCUT2D eigenvalue weighted by atomic mass is 9.81. The van der Waals surface area contributed by atoms with E-state index in [1.165, 1.54) is 0 Å². The SMILES string of the molecule is CC(=O)C1(CC(C)(C)C)NC1C. The van der Waals surface area contributed by atoms with Crippen LogP contribution in [0.1, 0.15) is 41.0 Å². The molecule has 0 aromatic carbocycles. The lowest BCUT2D eigenvalue weighted by Gasteiger charge is -2.23. The van der Waals surface area contributed by atoms with Crippen LogP contribution in [0.5, 0.6) is 0 Å². The van der Waals surface area contributed by atoms with Gasteiger partial charge in [-0.1, -0.05) is 20.8 Å². The Bertz CT molecular complexity index is 204. The molecule has 0 bridgehead atoms. The number of ketones is 1. The Morgan fingerprint density at radius 3 is 2.00 bits per heavy atom. The average Bonchev–Trinajstić information content (AvgIpc) is 2.38. The highest BCUT2D eigenvalue weighted by molar-refractivity contribution is 5.90. The molecule has 0 saturated carbocycles. The third kappa shape index (κ3) is 1.69. The van der Waals surface area contributed by atoms with Gasteiger partial charge >= 0.3 is 0 Å². The average molecular weight is 169 g/mol. The third-order valence-corrected chi connectivity index (χ3v) is 2.57. The van der Waals surface area contributed by atoms with Crippen molar-refractivity contribution < 1.29 is 4.79 Å². The Morgan fingerprint density at radius 2 is 1.92 bits per heavy atom. The number of hydrogen-bond acceptors (Lipinski definition) is 2. The van der Waals surface area contributed by atoms with Gasteiger partial charge in [-0.2, -0.15) is 0 Å². The summed E-state index contributed by atoms with van der Waals surface area (Å²) in [6.45, 7) is 10.3. The topological polar surface area (TPSA) is 39.0 Å². The van der Waals surface area contributed by atoms with Crippen LogP contribution in [0.2, 0.25) is 0 Å². The van der Waals surface area contributed by atoms with Crippen LogP contribution in [-0.4, -0.2) is 17.4 Å². The Kier molecular flexibility index (Phi) is 2.07. The minimum Gasteiger partial charge on any atom is -0.299 e. The van der Waals surface area contributed by atoms with Crippen molar-refractivity contribution >= 4 is 5.78 Å². The molecule has 2 heteroatoms. The van der Waals surface area contributed by atoms with Gasteiger partial charge in [0.1, 0.15) is 0 Å². The van der Waals surface area contributed by atoms with Crippen LogP contribution in [0.4, 0.5) is 0 Å². The van der Waals surface area contributed by atoms with Crippen LogP contribution < -0.4 is 5.32 Å². The number of rotatable bonds is 2. The second-order valence-electron chi connectivity index (χ2n) is 5.13. The summed E-state index contributed by atoms with van der Waals surface area (Å²) in [5.41, 5.74) is 0.0294. The van der Waals surface area contributed by atoms with Crippen molar-refractivity contribution in [1.29, 1.82) is 0 Å². The zero-order valence-corrected chi connectivity index (χ0v) is 8.69. The predicted molar refractivity (Wildman–Crippen MR) is 50.1 cm³/mol. The van der Waals surface area contributed by atoms with Crippen LogP contribution >= 0.6 is 0 Å². The number of hydrogen-bond donors (Lipinski definition) is 1. The van der Waals surface area contributed by atoms with Gasteiger partial charge in [0.05, 0.1) is 5.54 Å². The van der Waals surface area contributed by atoms with Gasteiger partial charge < -0.3 is 0 Å². The standard InChI is InChI=1S/C10H19NO/c1-7-10(11-7,8(2)12)6-9(3,4)5/h7,11H,6H2,1-5H3. The van der Waals surface area contributed by atoms with Crippen LogP contribution in [0.25, 0.3) is 0 Å². The molecule has 12 heavy (non-hydrogen) atoms. The van der Waals surface area contributed by atoms with E-state index in [0.29, 0.717) is 6.04 Å². The highest BCUT2D eigenvalue weighted by atomic mass is 16.1. The maximum absolute atomic E-state index is 11.4. The Labute approximate surface area is 74.7 Å². The largest absolute Gasteiger partial charge is 0.299 e. The summed E-state index contributed by atoms with van der Waals surface area (Å²) in [6.07, 6.45) is 0.941.